The number of rotatable bonds is 3. The maximum Gasteiger partial charge on any atom is 0.329 e. The number of nitrogens with zero attached hydrogens (tertiary/aromatic N) is 5. The molecule has 0 aliphatic heterocycles. The fraction of sp³-hybridized carbons (Fsp3) is 0.364. The zero-order chi connectivity index (χ0) is 13.1. The van der Waals surface area contributed by atoms with Crippen LogP contribution < -0.4 is 0 Å². The van der Waals surface area contributed by atoms with Gasteiger partial charge in [-0.15, -0.1) is 10.2 Å². The van der Waals surface area contributed by atoms with Gasteiger partial charge in [0, 0.05) is 12.4 Å². The third-order valence-electron chi connectivity index (χ3n) is 2.45. The molecule has 0 saturated carbocycles. The van der Waals surface area contributed by atoms with E-state index in [9.17, 15) is 4.79 Å². The van der Waals surface area contributed by atoms with Gasteiger partial charge in [0.1, 0.15) is 11.5 Å². The first-order chi connectivity index (χ1) is 8.69. The third-order valence-corrected chi connectivity index (χ3v) is 2.45. The number of fused-ring (bicyclic) bond motifs is 1. The van der Waals surface area contributed by atoms with Crippen LogP contribution in [-0.2, 0) is 9.53 Å². The van der Waals surface area contributed by atoms with Crippen LogP contribution in [0.25, 0.3) is 5.65 Å². The highest BCUT2D eigenvalue weighted by atomic mass is 16.5. The number of ether oxygens (including phenoxy) is 1. The second-order valence-corrected chi connectivity index (χ2v) is 3.57. The molecule has 1 atom stereocenters. The minimum atomic E-state index is -1.09. The van der Waals surface area contributed by atoms with Gasteiger partial charge in [-0.05, 0) is 13.8 Å². The Balaban J connectivity index is 2.52. The second-order valence-electron chi connectivity index (χ2n) is 3.57. The molecule has 0 fully saturated rings. The van der Waals surface area contributed by atoms with Crippen LogP contribution in [0.4, 0.5) is 0 Å². The first-order valence-electron chi connectivity index (χ1n) is 5.41. The van der Waals surface area contributed by atoms with Crippen LogP contribution >= 0.6 is 0 Å². The predicted molar refractivity (Wildman–Crippen MR) is 60.5 cm³/mol. The Morgan fingerprint density at radius 3 is 3.06 bits per heavy atom. The minimum absolute atomic E-state index is 0.214. The van der Waals surface area contributed by atoms with E-state index in [2.05, 4.69) is 15.2 Å². The molecule has 0 saturated heterocycles. The van der Waals surface area contributed by atoms with Crippen molar-refractivity contribution in [1.82, 2.24) is 19.6 Å². The molecule has 7 heteroatoms. The van der Waals surface area contributed by atoms with Gasteiger partial charge in [-0.1, -0.05) is 0 Å². The van der Waals surface area contributed by atoms with Crippen molar-refractivity contribution in [3.05, 3.63) is 23.9 Å². The van der Waals surface area contributed by atoms with Crippen molar-refractivity contribution in [2.45, 2.75) is 19.8 Å². The second kappa shape index (κ2) is 4.79. The molecule has 0 aliphatic carbocycles. The number of nitriles is 1. The molecule has 0 N–H and O–H groups in total. The maximum absolute atomic E-state index is 11.7. The number of carbonyl (C=O) groups is 1. The Morgan fingerprint density at radius 1 is 1.61 bits per heavy atom. The SMILES string of the molecule is CCOC(=O)C(C#N)c1nccn2c(C)nnc12. The van der Waals surface area contributed by atoms with Crippen molar-refractivity contribution in [3.8, 4) is 6.07 Å². The Labute approximate surface area is 103 Å². The van der Waals surface area contributed by atoms with Gasteiger partial charge >= 0.3 is 5.97 Å². The molecule has 92 valence electrons. The van der Waals surface area contributed by atoms with E-state index in [1.165, 1.54) is 6.20 Å². The van der Waals surface area contributed by atoms with Crippen LogP contribution in [0, 0.1) is 18.3 Å². The van der Waals surface area contributed by atoms with E-state index in [-0.39, 0.29) is 12.3 Å². The van der Waals surface area contributed by atoms with E-state index in [1.807, 2.05) is 6.07 Å². The van der Waals surface area contributed by atoms with Crippen molar-refractivity contribution in [2.24, 2.45) is 0 Å². The molecule has 2 heterocycles. The van der Waals surface area contributed by atoms with Crippen molar-refractivity contribution < 1.29 is 9.53 Å². The van der Waals surface area contributed by atoms with E-state index >= 15 is 0 Å². The van der Waals surface area contributed by atoms with Crippen LogP contribution in [0.3, 0.4) is 0 Å². The van der Waals surface area contributed by atoms with Crippen molar-refractivity contribution >= 4 is 11.6 Å². The fourth-order valence-electron chi connectivity index (χ4n) is 1.62. The van der Waals surface area contributed by atoms with Crippen LogP contribution in [0.5, 0.6) is 0 Å². The van der Waals surface area contributed by atoms with E-state index in [0.29, 0.717) is 11.5 Å². The average molecular weight is 245 g/mol. The molecular formula is C11H11N5O2. The Morgan fingerprint density at radius 2 is 2.39 bits per heavy atom. The third kappa shape index (κ3) is 1.88. The topological polar surface area (TPSA) is 93.2 Å². The first kappa shape index (κ1) is 12.0. The summed E-state index contributed by atoms with van der Waals surface area (Å²) in [6, 6.07) is 1.89. The van der Waals surface area contributed by atoms with Crippen molar-refractivity contribution in [3.63, 3.8) is 0 Å². The Kier molecular flexibility index (Phi) is 3.19. The normalized spacial score (nSPS) is 12.1. The monoisotopic (exact) mass is 245 g/mol. The molecule has 2 aromatic heterocycles. The summed E-state index contributed by atoms with van der Waals surface area (Å²) >= 11 is 0. The molecule has 2 rings (SSSR count). The predicted octanol–water partition coefficient (Wildman–Crippen LogP) is 0.603. The first-order valence-corrected chi connectivity index (χ1v) is 5.41. The summed E-state index contributed by atoms with van der Waals surface area (Å²) in [4.78, 5) is 15.7. The molecule has 0 radical (unpaired) electrons. The molecule has 0 aliphatic rings. The number of aryl methyl sites for hydroxylation is 1. The Bertz CT molecular complexity index is 628. The molecular weight excluding hydrogens is 234 g/mol. The molecule has 0 amide bonds. The summed E-state index contributed by atoms with van der Waals surface area (Å²) < 4.78 is 6.52. The van der Waals surface area contributed by atoms with Gasteiger partial charge in [-0.3, -0.25) is 14.2 Å². The van der Waals surface area contributed by atoms with Crippen LogP contribution in [0.2, 0.25) is 0 Å². The van der Waals surface area contributed by atoms with E-state index in [0.717, 1.165) is 0 Å². The summed E-state index contributed by atoms with van der Waals surface area (Å²) in [7, 11) is 0. The van der Waals surface area contributed by atoms with Crippen LogP contribution in [-0.4, -0.2) is 32.2 Å². The summed E-state index contributed by atoms with van der Waals surface area (Å²) in [6.45, 7) is 3.67. The lowest BCUT2D eigenvalue weighted by Gasteiger charge is -2.08. The van der Waals surface area contributed by atoms with Gasteiger partial charge < -0.3 is 4.74 Å². The van der Waals surface area contributed by atoms with Gasteiger partial charge in [0.25, 0.3) is 0 Å². The quantitative estimate of drug-likeness (QED) is 0.735. The van der Waals surface area contributed by atoms with Gasteiger partial charge in [0.05, 0.1) is 12.7 Å². The summed E-state index contributed by atoms with van der Waals surface area (Å²) in [5.41, 5.74) is 0.661. The highest BCUT2D eigenvalue weighted by Gasteiger charge is 2.26. The summed E-state index contributed by atoms with van der Waals surface area (Å²) in [5, 5.41) is 16.9. The number of aromatic nitrogens is 4. The van der Waals surface area contributed by atoms with Crippen LogP contribution in [0.1, 0.15) is 24.4 Å². The molecule has 7 nitrogen and oxygen atoms in total. The molecule has 18 heavy (non-hydrogen) atoms. The number of hydrogen-bond donors (Lipinski definition) is 0. The van der Waals surface area contributed by atoms with Gasteiger partial charge in [0.15, 0.2) is 11.6 Å². The maximum atomic E-state index is 11.7. The zero-order valence-electron chi connectivity index (χ0n) is 9.99. The summed E-state index contributed by atoms with van der Waals surface area (Å²) in [5.74, 6) is -1.05. The van der Waals surface area contributed by atoms with Gasteiger partial charge in [-0.25, -0.2) is 0 Å². The zero-order valence-corrected chi connectivity index (χ0v) is 9.99. The van der Waals surface area contributed by atoms with Crippen LogP contribution in [0.15, 0.2) is 12.4 Å². The van der Waals surface area contributed by atoms with E-state index < -0.39 is 11.9 Å². The molecule has 1 unspecified atom stereocenters. The summed E-state index contributed by atoms with van der Waals surface area (Å²) in [6.07, 6.45) is 3.18. The molecule has 0 bridgehead atoms. The van der Waals surface area contributed by atoms with Gasteiger partial charge in [-0.2, -0.15) is 5.26 Å². The smallest absolute Gasteiger partial charge is 0.329 e. The molecule has 0 spiro atoms. The molecule has 2 aromatic rings. The van der Waals surface area contributed by atoms with E-state index in [1.54, 1.807) is 24.4 Å². The lowest BCUT2D eigenvalue weighted by Crippen LogP contribution is -2.16. The highest BCUT2D eigenvalue weighted by Crippen LogP contribution is 2.18. The minimum Gasteiger partial charge on any atom is -0.465 e. The van der Waals surface area contributed by atoms with Crippen molar-refractivity contribution in [2.75, 3.05) is 6.61 Å². The average Bonchev–Trinajstić information content (AvgIpc) is 2.74. The highest BCUT2D eigenvalue weighted by molar-refractivity contribution is 5.82. The largest absolute Gasteiger partial charge is 0.465 e. The number of esters is 1. The Hall–Kier alpha value is -2.49. The molecule has 0 aromatic carbocycles. The standard InChI is InChI=1S/C11H11N5O2/c1-3-18-11(17)8(6-12)9-10-15-14-7(2)16(10)5-4-13-9/h4-5,8H,3H2,1-2H3. The van der Waals surface area contributed by atoms with E-state index in [4.69, 9.17) is 10.00 Å². The lowest BCUT2D eigenvalue weighted by atomic mass is 10.1. The van der Waals surface area contributed by atoms with Crippen molar-refractivity contribution in [1.29, 1.82) is 5.26 Å². The lowest BCUT2D eigenvalue weighted by molar-refractivity contribution is -0.143. The number of carbonyl (C=O) groups excluding carboxylic acids is 1. The van der Waals surface area contributed by atoms with Gasteiger partial charge in [0.2, 0.25) is 0 Å². The number of hydrogen-bond acceptors (Lipinski definition) is 6. The fourth-order valence-corrected chi connectivity index (χ4v) is 1.62.